The molecule has 7 heteroatoms. The number of hydrogen-bond acceptors (Lipinski definition) is 6. The minimum Gasteiger partial charge on any atom is -0.466 e. The van der Waals surface area contributed by atoms with E-state index in [0.717, 1.165) is 36.1 Å². The number of ether oxygens (including phenoxy) is 1. The molecule has 3 rings (SSSR count). The predicted octanol–water partition coefficient (Wildman–Crippen LogP) is 3.98. The Kier molecular flexibility index (Phi) is 9.49. The molecule has 1 aromatic heterocycles. The van der Waals surface area contributed by atoms with Crippen molar-refractivity contribution in [3.05, 3.63) is 87.7 Å². The normalized spacial score (nSPS) is 11.0. The van der Waals surface area contributed by atoms with Crippen molar-refractivity contribution in [2.45, 2.75) is 39.2 Å². The minimum absolute atomic E-state index is 0.109. The first kappa shape index (κ1) is 26.0. The molecule has 0 aliphatic rings. The molecule has 0 aliphatic heterocycles. The number of rotatable bonds is 12. The molecular weight excluding hydrogens is 442 g/mol. The molecule has 7 nitrogen and oxygen atoms in total. The van der Waals surface area contributed by atoms with Crippen molar-refractivity contribution in [2.24, 2.45) is 0 Å². The van der Waals surface area contributed by atoms with Gasteiger partial charge in [-0.2, -0.15) is 5.10 Å². The Morgan fingerprint density at radius 2 is 1.74 bits per heavy atom. The minimum atomic E-state index is -0.283. The lowest BCUT2D eigenvalue weighted by Crippen LogP contribution is -2.23. The van der Waals surface area contributed by atoms with Gasteiger partial charge < -0.3 is 9.64 Å². The fraction of sp³-hybridized carbons (Fsp3) is 0.357. The fourth-order valence-electron chi connectivity index (χ4n) is 3.82. The maximum absolute atomic E-state index is 12.7. The van der Waals surface area contributed by atoms with Crippen LogP contribution in [0.3, 0.4) is 0 Å². The Bertz CT molecular complexity index is 1220. The molecule has 0 saturated heterocycles. The maximum atomic E-state index is 12.7. The molecule has 0 radical (unpaired) electrons. The van der Waals surface area contributed by atoms with Crippen LogP contribution in [0.25, 0.3) is 11.3 Å². The molecule has 0 unspecified atom stereocenters. The number of nitrogens with zero attached hydrogens (tertiary/aromatic N) is 3. The molecule has 1 heterocycles. The van der Waals surface area contributed by atoms with Crippen molar-refractivity contribution < 1.29 is 14.3 Å². The Hall–Kier alpha value is -3.58. The lowest BCUT2D eigenvalue weighted by atomic mass is 10.0. The van der Waals surface area contributed by atoms with Gasteiger partial charge in [0.2, 0.25) is 0 Å². The number of esters is 1. The van der Waals surface area contributed by atoms with Gasteiger partial charge in [0, 0.05) is 23.6 Å². The molecule has 2 aromatic carbocycles. The van der Waals surface area contributed by atoms with E-state index >= 15 is 0 Å². The van der Waals surface area contributed by atoms with Crippen molar-refractivity contribution in [1.29, 1.82) is 0 Å². The third-order valence-corrected chi connectivity index (χ3v) is 5.58. The summed E-state index contributed by atoms with van der Waals surface area (Å²) in [6.45, 7) is 3.35. The lowest BCUT2D eigenvalue weighted by Gasteiger charge is -2.10. The van der Waals surface area contributed by atoms with Gasteiger partial charge in [0.25, 0.3) is 5.56 Å². The summed E-state index contributed by atoms with van der Waals surface area (Å²) >= 11 is 0. The van der Waals surface area contributed by atoms with Crippen molar-refractivity contribution >= 4 is 11.8 Å². The number of ketones is 1. The van der Waals surface area contributed by atoms with Gasteiger partial charge >= 0.3 is 5.97 Å². The molecule has 0 spiro atoms. The summed E-state index contributed by atoms with van der Waals surface area (Å²) in [5.41, 5.74) is 3.52. The van der Waals surface area contributed by atoms with Crippen LogP contribution in [0.1, 0.15) is 47.7 Å². The maximum Gasteiger partial charge on any atom is 0.310 e. The summed E-state index contributed by atoms with van der Waals surface area (Å²) < 4.78 is 6.42. The average molecular weight is 476 g/mol. The van der Waals surface area contributed by atoms with E-state index in [0.29, 0.717) is 24.3 Å². The summed E-state index contributed by atoms with van der Waals surface area (Å²) in [7, 11) is 4.05. The summed E-state index contributed by atoms with van der Waals surface area (Å²) in [4.78, 5) is 39.1. The van der Waals surface area contributed by atoms with Crippen LogP contribution in [0.2, 0.25) is 0 Å². The first-order chi connectivity index (χ1) is 16.9. The number of hydrogen-bond donors (Lipinski definition) is 0. The van der Waals surface area contributed by atoms with E-state index in [-0.39, 0.29) is 30.3 Å². The van der Waals surface area contributed by atoms with Crippen LogP contribution in [0.15, 0.2) is 65.5 Å². The van der Waals surface area contributed by atoms with E-state index in [9.17, 15) is 14.4 Å². The first-order valence-electron chi connectivity index (χ1n) is 12.0. The van der Waals surface area contributed by atoms with Crippen LogP contribution >= 0.6 is 0 Å². The monoisotopic (exact) mass is 475 g/mol. The SMILES string of the molecule is CCOC(=O)Cc1cccc(Cn2nc(-c3cccc(C(=O)CCCCN(C)C)c3)ccc2=O)c1. The Balaban J connectivity index is 1.74. The second-order valence-electron chi connectivity index (χ2n) is 8.78. The highest BCUT2D eigenvalue weighted by atomic mass is 16.5. The van der Waals surface area contributed by atoms with Gasteiger partial charge in [0.1, 0.15) is 0 Å². The summed E-state index contributed by atoms with van der Waals surface area (Å²) in [5, 5.41) is 4.55. The number of carbonyl (C=O) groups excluding carboxylic acids is 2. The highest BCUT2D eigenvalue weighted by Gasteiger charge is 2.10. The van der Waals surface area contributed by atoms with Crippen LogP contribution in [0.5, 0.6) is 0 Å². The quantitative estimate of drug-likeness (QED) is 0.224. The van der Waals surface area contributed by atoms with Crippen LogP contribution in [-0.2, 0) is 22.5 Å². The standard InChI is InChI=1S/C28H33N3O4/c1-4-35-28(34)18-21-9-7-10-22(17-21)20-31-27(33)15-14-25(29-31)23-11-8-12-24(19-23)26(32)13-5-6-16-30(2)3/h7-12,14-15,17,19H,4-6,13,16,18,20H2,1-3H3. The van der Waals surface area contributed by atoms with E-state index in [4.69, 9.17) is 4.74 Å². The van der Waals surface area contributed by atoms with Gasteiger partial charge in [-0.3, -0.25) is 14.4 Å². The molecule has 3 aromatic rings. The highest BCUT2D eigenvalue weighted by molar-refractivity contribution is 5.97. The van der Waals surface area contributed by atoms with Gasteiger partial charge in [-0.1, -0.05) is 42.5 Å². The van der Waals surface area contributed by atoms with Gasteiger partial charge in [-0.15, -0.1) is 0 Å². The smallest absolute Gasteiger partial charge is 0.310 e. The summed E-state index contributed by atoms with van der Waals surface area (Å²) in [5.74, 6) is -0.175. The number of carbonyl (C=O) groups is 2. The molecule has 0 atom stereocenters. The first-order valence-corrected chi connectivity index (χ1v) is 12.0. The van der Waals surface area contributed by atoms with Crippen molar-refractivity contribution in [1.82, 2.24) is 14.7 Å². The number of Topliss-reactive ketones (excluding diaryl/α,β-unsaturated/α-hetero) is 1. The Labute approximate surface area is 206 Å². The van der Waals surface area contributed by atoms with E-state index in [2.05, 4.69) is 10.00 Å². The van der Waals surface area contributed by atoms with Crippen molar-refractivity contribution in [2.75, 3.05) is 27.2 Å². The Morgan fingerprint density at radius 1 is 0.971 bits per heavy atom. The van der Waals surface area contributed by atoms with Gasteiger partial charge in [0.05, 0.1) is 25.3 Å². The zero-order chi connectivity index (χ0) is 25.2. The summed E-state index contributed by atoms with van der Waals surface area (Å²) in [6.07, 6.45) is 2.51. The number of unbranched alkanes of at least 4 members (excludes halogenated alkanes) is 1. The molecule has 35 heavy (non-hydrogen) atoms. The molecule has 0 saturated carbocycles. The number of aromatic nitrogens is 2. The van der Waals surface area contributed by atoms with Crippen LogP contribution in [0.4, 0.5) is 0 Å². The molecule has 0 amide bonds. The second kappa shape index (κ2) is 12.8. The van der Waals surface area contributed by atoms with Gasteiger partial charge in [0.15, 0.2) is 5.78 Å². The van der Waals surface area contributed by atoms with Crippen LogP contribution in [0, 0.1) is 0 Å². The molecule has 0 aliphatic carbocycles. The van der Waals surface area contributed by atoms with Crippen LogP contribution in [-0.4, -0.2) is 53.7 Å². The summed E-state index contributed by atoms with van der Waals surface area (Å²) in [6, 6.07) is 18.0. The molecular formula is C28H33N3O4. The van der Waals surface area contributed by atoms with E-state index in [1.807, 2.05) is 62.6 Å². The molecule has 0 N–H and O–H groups in total. The third-order valence-electron chi connectivity index (χ3n) is 5.58. The fourth-order valence-corrected chi connectivity index (χ4v) is 3.82. The van der Waals surface area contributed by atoms with Crippen molar-refractivity contribution in [3.63, 3.8) is 0 Å². The highest BCUT2D eigenvalue weighted by Crippen LogP contribution is 2.19. The molecule has 0 bridgehead atoms. The zero-order valence-electron chi connectivity index (χ0n) is 20.7. The van der Waals surface area contributed by atoms with E-state index in [1.165, 1.54) is 10.7 Å². The Morgan fingerprint density at radius 3 is 2.51 bits per heavy atom. The van der Waals surface area contributed by atoms with Gasteiger partial charge in [-0.05, 0) is 63.7 Å². The lowest BCUT2D eigenvalue weighted by molar-refractivity contribution is -0.142. The third kappa shape index (κ3) is 8.00. The largest absolute Gasteiger partial charge is 0.466 e. The molecule has 184 valence electrons. The second-order valence-corrected chi connectivity index (χ2v) is 8.78. The zero-order valence-corrected chi connectivity index (χ0v) is 20.7. The van der Waals surface area contributed by atoms with Crippen LogP contribution < -0.4 is 5.56 Å². The van der Waals surface area contributed by atoms with E-state index in [1.54, 1.807) is 13.0 Å². The number of benzene rings is 2. The molecule has 0 fully saturated rings. The van der Waals surface area contributed by atoms with Crippen molar-refractivity contribution in [3.8, 4) is 11.3 Å². The van der Waals surface area contributed by atoms with E-state index < -0.39 is 0 Å². The predicted molar refractivity (Wildman–Crippen MR) is 137 cm³/mol. The van der Waals surface area contributed by atoms with Gasteiger partial charge in [-0.25, -0.2) is 4.68 Å². The average Bonchev–Trinajstić information content (AvgIpc) is 2.83. The topological polar surface area (TPSA) is 81.5 Å².